The van der Waals surface area contributed by atoms with E-state index in [-0.39, 0.29) is 11.8 Å². The van der Waals surface area contributed by atoms with Crippen LogP contribution in [-0.4, -0.2) is 87.7 Å². The molecule has 26 heavy (non-hydrogen) atoms. The number of hydrogen-bond acceptors (Lipinski definition) is 5. The Labute approximate surface area is 155 Å². The molecule has 7 heteroatoms. The van der Waals surface area contributed by atoms with E-state index >= 15 is 0 Å². The maximum Gasteiger partial charge on any atom is 0.241 e. The maximum atomic E-state index is 12.6. The molecule has 7 nitrogen and oxygen atoms in total. The van der Waals surface area contributed by atoms with Crippen molar-refractivity contribution in [3.63, 3.8) is 0 Å². The molecule has 1 aliphatic heterocycles. The minimum absolute atomic E-state index is 0.0211. The van der Waals surface area contributed by atoms with Crippen LogP contribution in [-0.2, 0) is 14.3 Å². The van der Waals surface area contributed by atoms with E-state index in [4.69, 9.17) is 4.74 Å². The first-order valence-electron chi connectivity index (χ1n) is 9.19. The van der Waals surface area contributed by atoms with Crippen LogP contribution in [0.3, 0.4) is 0 Å². The second-order valence-corrected chi connectivity index (χ2v) is 6.37. The number of carbonyl (C=O) groups excluding carboxylic acids is 2. The summed E-state index contributed by atoms with van der Waals surface area (Å²) in [6, 6.07) is 9.76. The average molecular weight is 362 g/mol. The molecule has 144 valence electrons. The molecule has 1 aromatic rings. The van der Waals surface area contributed by atoms with Gasteiger partial charge in [-0.2, -0.15) is 0 Å². The summed E-state index contributed by atoms with van der Waals surface area (Å²) in [6.45, 7) is 7.70. The summed E-state index contributed by atoms with van der Waals surface area (Å²) in [4.78, 5) is 30.6. The lowest BCUT2D eigenvalue weighted by Gasteiger charge is -2.35. The number of amides is 2. The van der Waals surface area contributed by atoms with Gasteiger partial charge in [-0.3, -0.25) is 19.4 Å². The first kappa shape index (κ1) is 20.4. The molecule has 0 radical (unpaired) electrons. The number of anilines is 1. The monoisotopic (exact) mass is 362 g/mol. The summed E-state index contributed by atoms with van der Waals surface area (Å²) in [5, 5.41) is 2.84. The van der Waals surface area contributed by atoms with Gasteiger partial charge in [0.25, 0.3) is 0 Å². The van der Waals surface area contributed by atoms with Crippen LogP contribution in [0.1, 0.15) is 6.92 Å². The van der Waals surface area contributed by atoms with Crippen LogP contribution in [0, 0.1) is 0 Å². The number of likely N-dealkylation sites (N-methyl/N-ethyl adjacent to an activating group) is 1. The molecule has 0 aromatic heterocycles. The molecule has 1 saturated heterocycles. The smallest absolute Gasteiger partial charge is 0.241 e. The van der Waals surface area contributed by atoms with Crippen LogP contribution in [0.4, 0.5) is 5.69 Å². The van der Waals surface area contributed by atoms with E-state index in [0.29, 0.717) is 32.8 Å². The van der Waals surface area contributed by atoms with E-state index in [1.165, 1.54) is 0 Å². The Balaban J connectivity index is 1.74. The van der Waals surface area contributed by atoms with E-state index in [9.17, 15) is 9.59 Å². The molecule has 0 saturated carbocycles. The zero-order chi connectivity index (χ0) is 18.8. The van der Waals surface area contributed by atoms with Crippen LogP contribution < -0.4 is 10.2 Å². The Morgan fingerprint density at radius 2 is 1.69 bits per heavy atom. The summed E-state index contributed by atoms with van der Waals surface area (Å²) in [6.07, 6.45) is 0. The fraction of sp³-hybridized carbons (Fsp3) is 0.579. The minimum Gasteiger partial charge on any atom is -0.383 e. The lowest BCUT2D eigenvalue weighted by atomic mass is 10.2. The summed E-state index contributed by atoms with van der Waals surface area (Å²) in [5.74, 6) is 0.136. The van der Waals surface area contributed by atoms with Crippen LogP contribution in [0.15, 0.2) is 30.3 Å². The number of nitrogens with one attached hydrogen (secondary N) is 1. The summed E-state index contributed by atoms with van der Waals surface area (Å²) >= 11 is 0. The predicted molar refractivity (Wildman–Crippen MR) is 102 cm³/mol. The van der Waals surface area contributed by atoms with Crippen LogP contribution in [0.2, 0.25) is 0 Å². The highest BCUT2D eigenvalue weighted by Gasteiger charge is 2.22. The lowest BCUT2D eigenvalue weighted by molar-refractivity contribution is -0.124. The predicted octanol–water partition coefficient (Wildman–Crippen LogP) is 0.420. The van der Waals surface area contributed by atoms with Gasteiger partial charge in [0.05, 0.1) is 19.7 Å². The largest absolute Gasteiger partial charge is 0.383 e. The van der Waals surface area contributed by atoms with Crippen molar-refractivity contribution in [2.24, 2.45) is 0 Å². The minimum atomic E-state index is 0.0211. The van der Waals surface area contributed by atoms with Gasteiger partial charge in [0.15, 0.2) is 0 Å². The molecule has 0 unspecified atom stereocenters. The Morgan fingerprint density at radius 1 is 1.08 bits per heavy atom. The number of rotatable bonds is 9. The van der Waals surface area contributed by atoms with Crippen LogP contribution in [0.5, 0.6) is 0 Å². The second-order valence-electron chi connectivity index (χ2n) is 6.37. The van der Waals surface area contributed by atoms with E-state index in [2.05, 4.69) is 15.1 Å². The molecule has 2 amide bonds. The molecular weight excluding hydrogens is 332 g/mol. The number of ether oxygens (including phenoxy) is 1. The number of piperazine rings is 1. The molecule has 0 spiro atoms. The van der Waals surface area contributed by atoms with Crippen molar-refractivity contribution in [2.45, 2.75) is 6.92 Å². The number of methoxy groups -OCH3 is 1. The first-order valence-corrected chi connectivity index (χ1v) is 9.19. The fourth-order valence-corrected chi connectivity index (χ4v) is 3.04. The molecule has 2 rings (SSSR count). The van der Waals surface area contributed by atoms with Gasteiger partial charge in [-0.1, -0.05) is 18.2 Å². The average Bonchev–Trinajstić information content (AvgIpc) is 2.65. The van der Waals surface area contributed by atoms with Crippen molar-refractivity contribution < 1.29 is 14.3 Å². The second kappa shape index (κ2) is 10.9. The lowest BCUT2D eigenvalue weighted by Crippen LogP contribution is -2.52. The highest BCUT2D eigenvalue weighted by atomic mass is 16.5. The third-order valence-electron chi connectivity index (χ3n) is 4.50. The highest BCUT2D eigenvalue weighted by Crippen LogP contribution is 2.13. The molecule has 1 aliphatic rings. The molecule has 0 bridgehead atoms. The van der Waals surface area contributed by atoms with Gasteiger partial charge in [0.2, 0.25) is 11.8 Å². The van der Waals surface area contributed by atoms with Gasteiger partial charge < -0.3 is 15.0 Å². The van der Waals surface area contributed by atoms with E-state index in [1.54, 1.807) is 7.11 Å². The third kappa shape index (κ3) is 6.40. The third-order valence-corrected chi connectivity index (χ3v) is 4.50. The summed E-state index contributed by atoms with van der Waals surface area (Å²) in [7, 11) is 1.62. The maximum absolute atomic E-state index is 12.6. The van der Waals surface area contributed by atoms with Crippen molar-refractivity contribution in [3.8, 4) is 0 Å². The number of benzene rings is 1. The van der Waals surface area contributed by atoms with Gasteiger partial charge in [0, 0.05) is 52.1 Å². The molecule has 1 heterocycles. The zero-order valence-corrected chi connectivity index (χ0v) is 15.8. The van der Waals surface area contributed by atoms with Crippen molar-refractivity contribution in [1.29, 1.82) is 0 Å². The molecule has 0 atom stereocenters. The van der Waals surface area contributed by atoms with Crippen molar-refractivity contribution in [1.82, 2.24) is 15.1 Å². The SMILES string of the molecule is CCN(C(=O)CN1CCN(CC(=O)NCCOC)CC1)c1ccccc1. The molecule has 1 aromatic carbocycles. The Bertz CT molecular complexity index is 559. The van der Waals surface area contributed by atoms with Gasteiger partial charge >= 0.3 is 0 Å². The van der Waals surface area contributed by atoms with Gasteiger partial charge in [-0.25, -0.2) is 0 Å². The van der Waals surface area contributed by atoms with Gasteiger partial charge in [0.1, 0.15) is 0 Å². The Hall–Kier alpha value is -1.96. The van der Waals surface area contributed by atoms with E-state index in [1.807, 2.05) is 42.2 Å². The quantitative estimate of drug-likeness (QED) is 0.645. The Morgan fingerprint density at radius 3 is 2.27 bits per heavy atom. The zero-order valence-electron chi connectivity index (χ0n) is 15.8. The summed E-state index contributed by atoms with van der Waals surface area (Å²) in [5.41, 5.74) is 0.936. The van der Waals surface area contributed by atoms with Crippen LogP contribution >= 0.6 is 0 Å². The van der Waals surface area contributed by atoms with Crippen molar-refractivity contribution in [3.05, 3.63) is 30.3 Å². The van der Waals surface area contributed by atoms with Gasteiger partial charge in [-0.15, -0.1) is 0 Å². The topological polar surface area (TPSA) is 65.1 Å². The molecule has 0 aliphatic carbocycles. The highest BCUT2D eigenvalue weighted by molar-refractivity contribution is 5.94. The number of carbonyl (C=O) groups is 2. The number of para-hydroxylation sites is 1. The summed E-state index contributed by atoms with van der Waals surface area (Å²) < 4.78 is 4.92. The van der Waals surface area contributed by atoms with Gasteiger partial charge in [-0.05, 0) is 19.1 Å². The van der Waals surface area contributed by atoms with E-state index in [0.717, 1.165) is 31.9 Å². The molecule has 1 fully saturated rings. The van der Waals surface area contributed by atoms with Crippen LogP contribution in [0.25, 0.3) is 0 Å². The Kier molecular flexibility index (Phi) is 8.53. The molecular formula is C19H30N4O3. The van der Waals surface area contributed by atoms with Crippen molar-refractivity contribution >= 4 is 17.5 Å². The standard InChI is InChI=1S/C19H30N4O3/c1-3-23(17-7-5-4-6-8-17)19(25)16-22-12-10-21(11-13-22)15-18(24)20-9-14-26-2/h4-8H,3,9-16H2,1-2H3,(H,20,24). The van der Waals surface area contributed by atoms with Crippen molar-refractivity contribution in [2.75, 3.05) is 71.0 Å². The number of nitrogens with zero attached hydrogens (tertiary/aromatic N) is 3. The number of hydrogen-bond donors (Lipinski definition) is 1. The first-order chi connectivity index (χ1) is 12.6. The molecule has 1 N–H and O–H groups in total. The normalized spacial score (nSPS) is 15.6. The van der Waals surface area contributed by atoms with E-state index < -0.39 is 0 Å². The fourth-order valence-electron chi connectivity index (χ4n) is 3.04.